The second-order valence-corrected chi connectivity index (χ2v) is 3.75. The van der Waals surface area contributed by atoms with Gasteiger partial charge >= 0.3 is 0 Å². The fraction of sp³-hybridized carbons (Fsp3) is 0.500. The monoisotopic (exact) mass is 207 g/mol. The second kappa shape index (κ2) is 4.91. The molecule has 1 heterocycles. The molecule has 0 amide bonds. The molecular weight excluding hydrogens is 190 g/mol. The van der Waals surface area contributed by atoms with Crippen LogP contribution in [-0.2, 0) is 6.54 Å². The van der Waals surface area contributed by atoms with Gasteiger partial charge in [0.15, 0.2) is 12.1 Å². The highest BCUT2D eigenvalue weighted by Gasteiger charge is 2.13. The summed E-state index contributed by atoms with van der Waals surface area (Å²) in [6.07, 6.45) is 2.91. The van der Waals surface area contributed by atoms with Gasteiger partial charge in [-0.1, -0.05) is 13.3 Å². The van der Waals surface area contributed by atoms with Gasteiger partial charge in [0.25, 0.3) is 0 Å². The van der Waals surface area contributed by atoms with Gasteiger partial charge in [0, 0.05) is 24.7 Å². The van der Waals surface area contributed by atoms with E-state index in [4.69, 9.17) is 0 Å². The quantitative estimate of drug-likeness (QED) is 0.550. The SMILES string of the molecule is CCCCn1c(C(C)=O)cc(C=O)c1C. The van der Waals surface area contributed by atoms with E-state index in [9.17, 15) is 9.59 Å². The Morgan fingerprint density at radius 1 is 1.53 bits per heavy atom. The largest absolute Gasteiger partial charge is 0.342 e. The summed E-state index contributed by atoms with van der Waals surface area (Å²) in [5.41, 5.74) is 2.16. The van der Waals surface area contributed by atoms with Gasteiger partial charge in [-0.2, -0.15) is 0 Å². The zero-order chi connectivity index (χ0) is 11.4. The highest BCUT2D eigenvalue weighted by Crippen LogP contribution is 2.15. The fourth-order valence-corrected chi connectivity index (χ4v) is 1.68. The van der Waals surface area contributed by atoms with Gasteiger partial charge in [0.1, 0.15) is 0 Å². The lowest BCUT2D eigenvalue weighted by atomic mass is 10.2. The first-order valence-corrected chi connectivity index (χ1v) is 5.28. The first kappa shape index (κ1) is 11.7. The van der Waals surface area contributed by atoms with E-state index in [1.54, 1.807) is 6.07 Å². The van der Waals surface area contributed by atoms with Gasteiger partial charge in [0.05, 0.1) is 5.69 Å². The van der Waals surface area contributed by atoms with Crippen LogP contribution in [0.5, 0.6) is 0 Å². The van der Waals surface area contributed by atoms with Crippen LogP contribution in [0.3, 0.4) is 0 Å². The van der Waals surface area contributed by atoms with Crippen molar-refractivity contribution in [3.05, 3.63) is 23.0 Å². The van der Waals surface area contributed by atoms with Gasteiger partial charge in [0.2, 0.25) is 0 Å². The first-order chi connectivity index (χ1) is 7.11. The number of carbonyl (C=O) groups excluding carboxylic acids is 2. The minimum atomic E-state index is 0.0160. The van der Waals surface area contributed by atoms with E-state index in [0.29, 0.717) is 11.3 Å². The third-order valence-electron chi connectivity index (χ3n) is 2.63. The summed E-state index contributed by atoms with van der Waals surface area (Å²) < 4.78 is 1.94. The van der Waals surface area contributed by atoms with E-state index in [1.807, 2.05) is 11.5 Å². The molecule has 1 aromatic rings. The summed E-state index contributed by atoms with van der Waals surface area (Å²) in [6, 6.07) is 1.68. The van der Waals surface area contributed by atoms with Crippen LogP contribution in [0.15, 0.2) is 6.07 Å². The van der Waals surface area contributed by atoms with Crippen LogP contribution in [-0.4, -0.2) is 16.6 Å². The number of aldehydes is 1. The second-order valence-electron chi connectivity index (χ2n) is 3.75. The van der Waals surface area contributed by atoms with Crippen LogP contribution in [0.1, 0.15) is 53.2 Å². The zero-order valence-electron chi connectivity index (χ0n) is 9.54. The molecule has 82 valence electrons. The lowest BCUT2D eigenvalue weighted by molar-refractivity contribution is 0.100. The summed E-state index contributed by atoms with van der Waals surface area (Å²) in [4.78, 5) is 22.1. The minimum Gasteiger partial charge on any atom is -0.342 e. The van der Waals surface area contributed by atoms with Crippen molar-refractivity contribution in [2.75, 3.05) is 0 Å². The number of Topliss-reactive ketones (excluding diaryl/α,β-unsaturated/α-hetero) is 1. The third kappa shape index (κ3) is 2.35. The molecule has 0 aromatic carbocycles. The van der Waals surface area contributed by atoms with E-state index in [2.05, 4.69) is 6.92 Å². The van der Waals surface area contributed by atoms with E-state index in [1.165, 1.54) is 6.92 Å². The number of nitrogens with zero attached hydrogens (tertiary/aromatic N) is 1. The number of ketones is 1. The molecule has 0 spiro atoms. The average Bonchev–Trinajstić information content (AvgIpc) is 2.52. The molecule has 0 bridgehead atoms. The van der Waals surface area contributed by atoms with E-state index >= 15 is 0 Å². The molecule has 3 nitrogen and oxygen atoms in total. The van der Waals surface area contributed by atoms with E-state index in [0.717, 1.165) is 31.4 Å². The predicted octanol–water partition coefficient (Wildman–Crippen LogP) is 2.61. The molecule has 0 unspecified atom stereocenters. The van der Waals surface area contributed by atoms with Crippen LogP contribution < -0.4 is 0 Å². The van der Waals surface area contributed by atoms with Gasteiger partial charge < -0.3 is 4.57 Å². The van der Waals surface area contributed by atoms with Crippen molar-refractivity contribution >= 4 is 12.1 Å². The Morgan fingerprint density at radius 3 is 2.67 bits per heavy atom. The molecule has 1 rings (SSSR count). The van der Waals surface area contributed by atoms with Gasteiger partial charge in [-0.25, -0.2) is 0 Å². The first-order valence-electron chi connectivity index (χ1n) is 5.28. The average molecular weight is 207 g/mol. The van der Waals surface area contributed by atoms with Crippen molar-refractivity contribution in [3.63, 3.8) is 0 Å². The Labute approximate surface area is 90.1 Å². The van der Waals surface area contributed by atoms with Crippen molar-refractivity contribution in [1.82, 2.24) is 4.57 Å². The molecule has 0 fully saturated rings. The number of aromatic nitrogens is 1. The van der Waals surface area contributed by atoms with E-state index in [-0.39, 0.29) is 5.78 Å². The van der Waals surface area contributed by atoms with Crippen LogP contribution in [0.4, 0.5) is 0 Å². The number of hydrogen-bond donors (Lipinski definition) is 0. The highest BCUT2D eigenvalue weighted by molar-refractivity contribution is 5.95. The van der Waals surface area contributed by atoms with Crippen molar-refractivity contribution in [1.29, 1.82) is 0 Å². The van der Waals surface area contributed by atoms with Crippen molar-refractivity contribution in [3.8, 4) is 0 Å². The summed E-state index contributed by atoms with van der Waals surface area (Å²) in [7, 11) is 0. The molecule has 0 aliphatic carbocycles. The standard InChI is InChI=1S/C12H17NO2/c1-4-5-6-13-9(2)11(8-14)7-12(13)10(3)15/h7-8H,4-6H2,1-3H3. The maximum absolute atomic E-state index is 11.4. The lowest BCUT2D eigenvalue weighted by Crippen LogP contribution is -2.08. The third-order valence-corrected chi connectivity index (χ3v) is 2.63. The smallest absolute Gasteiger partial charge is 0.176 e. The summed E-state index contributed by atoms with van der Waals surface area (Å²) in [5.74, 6) is 0.0160. The molecule has 15 heavy (non-hydrogen) atoms. The van der Waals surface area contributed by atoms with Crippen molar-refractivity contribution < 1.29 is 9.59 Å². The van der Waals surface area contributed by atoms with Crippen LogP contribution in [0, 0.1) is 6.92 Å². The molecule has 0 aliphatic rings. The molecule has 0 radical (unpaired) electrons. The Morgan fingerprint density at radius 2 is 2.20 bits per heavy atom. The zero-order valence-corrected chi connectivity index (χ0v) is 9.54. The predicted molar refractivity (Wildman–Crippen MR) is 59.5 cm³/mol. The molecule has 0 saturated heterocycles. The van der Waals surface area contributed by atoms with Crippen LogP contribution >= 0.6 is 0 Å². The number of unbranched alkanes of at least 4 members (excludes halogenated alkanes) is 1. The normalized spacial score (nSPS) is 10.3. The summed E-state index contributed by atoms with van der Waals surface area (Å²) in [6.45, 7) is 6.33. The Hall–Kier alpha value is -1.38. The topological polar surface area (TPSA) is 39.1 Å². The molecule has 0 saturated carbocycles. The fourth-order valence-electron chi connectivity index (χ4n) is 1.68. The number of carbonyl (C=O) groups is 2. The maximum Gasteiger partial charge on any atom is 0.176 e. The minimum absolute atomic E-state index is 0.0160. The summed E-state index contributed by atoms with van der Waals surface area (Å²) >= 11 is 0. The maximum atomic E-state index is 11.4. The molecule has 0 N–H and O–H groups in total. The Bertz CT molecular complexity index is 377. The Kier molecular flexibility index (Phi) is 3.83. The lowest BCUT2D eigenvalue weighted by Gasteiger charge is -2.08. The number of hydrogen-bond acceptors (Lipinski definition) is 2. The Balaban J connectivity index is 3.13. The molecule has 0 aliphatic heterocycles. The van der Waals surface area contributed by atoms with E-state index < -0.39 is 0 Å². The van der Waals surface area contributed by atoms with Crippen LogP contribution in [0.25, 0.3) is 0 Å². The number of rotatable bonds is 5. The van der Waals surface area contributed by atoms with Gasteiger partial charge in [-0.05, 0) is 19.4 Å². The molecule has 3 heteroatoms. The van der Waals surface area contributed by atoms with Gasteiger partial charge in [-0.15, -0.1) is 0 Å². The highest BCUT2D eigenvalue weighted by atomic mass is 16.1. The molecular formula is C12H17NO2. The van der Waals surface area contributed by atoms with Crippen molar-refractivity contribution in [2.24, 2.45) is 0 Å². The summed E-state index contributed by atoms with van der Waals surface area (Å²) in [5, 5.41) is 0. The van der Waals surface area contributed by atoms with Crippen molar-refractivity contribution in [2.45, 2.75) is 40.2 Å². The van der Waals surface area contributed by atoms with Gasteiger partial charge in [-0.3, -0.25) is 9.59 Å². The molecule has 1 aromatic heterocycles. The molecule has 0 atom stereocenters. The van der Waals surface area contributed by atoms with Crippen LogP contribution in [0.2, 0.25) is 0 Å².